The Kier molecular flexibility index (Phi) is 8.56. The van der Waals surface area contributed by atoms with Gasteiger partial charge in [-0.05, 0) is 38.4 Å². The van der Waals surface area contributed by atoms with Crippen LogP contribution in [-0.4, -0.2) is 20.8 Å². The molecule has 0 aromatic rings. The Morgan fingerprint density at radius 2 is 2.25 bits per heavy atom. The van der Waals surface area contributed by atoms with Crippen LogP contribution in [0.2, 0.25) is 0 Å². The minimum Gasteiger partial charge on any atom is -0.233 e. The first-order valence-electron chi connectivity index (χ1n) is 3.97. The second-order valence-corrected chi connectivity index (χ2v) is 3.62. The van der Waals surface area contributed by atoms with E-state index in [4.69, 9.17) is 0 Å². The molecule has 0 unspecified atom stereocenters. The van der Waals surface area contributed by atoms with Crippen LogP contribution in [-0.2, 0) is 11.3 Å². The maximum Gasteiger partial charge on any atom is 0.0873 e. The molecule has 0 aromatic carbocycles. The van der Waals surface area contributed by atoms with Crippen molar-refractivity contribution in [3.63, 3.8) is 0 Å². The molecule has 12 heavy (non-hydrogen) atoms. The van der Waals surface area contributed by atoms with E-state index in [9.17, 15) is 4.21 Å². The average molecular weight is 203 g/mol. The van der Waals surface area contributed by atoms with Gasteiger partial charge in [0, 0.05) is 11.4 Å². The Hall–Kier alpha value is -0.310. The van der Waals surface area contributed by atoms with Gasteiger partial charge in [0.25, 0.3) is 0 Å². The highest BCUT2D eigenvalue weighted by molar-refractivity contribution is 7.78. The standard InChI is InChI=1S/C8H13NOS2/c1-8(12-10)5-3-2-4-6-9-7-11/h2-6H2,1H3. The number of hydrogen-bond donors (Lipinski definition) is 0. The quantitative estimate of drug-likeness (QED) is 0.376. The molecule has 0 spiro atoms. The van der Waals surface area contributed by atoms with Crippen molar-refractivity contribution in [2.24, 2.45) is 4.99 Å². The number of isothiocyanates is 1. The Morgan fingerprint density at radius 3 is 2.83 bits per heavy atom. The molecule has 0 rings (SSSR count). The van der Waals surface area contributed by atoms with E-state index in [2.05, 4.69) is 22.4 Å². The van der Waals surface area contributed by atoms with Crippen LogP contribution in [0.25, 0.3) is 0 Å². The summed E-state index contributed by atoms with van der Waals surface area (Å²) >= 11 is 5.03. The molecule has 0 bridgehead atoms. The largest absolute Gasteiger partial charge is 0.233 e. The topological polar surface area (TPSA) is 29.4 Å². The van der Waals surface area contributed by atoms with Crippen molar-refractivity contribution in [3.05, 3.63) is 0 Å². The van der Waals surface area contributed by atoms with Crippen molar-refractivity contribution in [2.75, 3.05) is 6.54 Å². The summed E-state index contributed by atoms with van der Waals surface area (Å²) in [4.78, 5) is 4.77. The van der Waals surface area contributed by atoms with Crippen molar-refractivity contribution in [2.45, 2.75) is 32.6 Å². The lowest BCUT2D eigenvalue weighted by atomic mass is 10.1. The van der Waals surface area contributed by atoms with Crippen molar-refractivity contribution in [1.82, 2.24) is 0 Å². The van der Waals surface area contributed by atoms with E-state index in [0.29, 0.717) is 11.3 Å². The molecule has 0 aliphatic carbocycles. The van der Waals surface area contributed by atoms with Crippen LogP contribution in [0.5, 0.6) is 0 Å². The predicted molar refractivity (Wildman–Crippen MR) is 57.2 cm³/mol. The molecule has 0 N–H and O–H groups in total. The van der Waals surface area contributed by atoms with Gasteiger partial charge in [-0.15, -0.1) is 0 Å². The Labute approximate surface area is 82.2 Å². The minimum absolute atomic E-state index is 0.607. The number of nitrogens with zero attached hydrogens (tertiary/aromatic N) is 1. The molecule has 4 heteroatoms. The predicted octanol–water partition coefficient (Wildman–Crippen LogP) is 2.05. The Morgan fingerprint density at radius 1 is 1.50 bits per heavy atom. The van der Waals surface area contributed by atoms with Gasteiger partial charge in [0.2, 0.25) is 0 Å². The van der Waals surface area contributed by atoms with E-state index in [1.54, 1.807) is 0 Å². The summed E-state index contributed by atoms with van der Waals surface area (Å²) < 4.78 is 10.2. The molecule has 0 aliphatic heterocycles. The fraction of sp³-hybridized carbons (Fsp3) is 0.750. The third-order valence-corrected chi connectivity index (χ3v) is 2.12. The summed E-state index contributed by atoms with van der Waals surface area (Å²) in [6, 6.07) is 0. The molecule has 0 aromatic heterocycles. The monoisotopic (exact) mass is 203 g/mol. The van der Waals surface area contributed by atoms with Crippen molar-refractivity contribution in [1.29, 1.82) is 0 Å². The number of hydrogen-bond acceptors (Lipinski definition) is 3. The van der Waals surface area contributed by atoms with Crippen LogP contribution >= 0.6 is 12.2 Å². The van der Waals surface area contributed by atoms with Gasteiger partial charge in [0.1, 0.15) is 0 Å². The first kappa shape index (κ1) is 11.7. The van der Waals surface area contributed by atoms with Gasteiger partial charge in [0.05, 0.1) is 16.4 Å². The molecule has 2 nitrogen and oxygen atoms in total. The highest BCUT2D eigenvalue weighted by atomic mass is 32.1. The van der Waals surface area contributed by atoms with Crippen molar-refractivity contribution in [3.8, 4) is 0 Å². The van der Waals surface area contributed by atoms with Crippen LogP contribution in [0.4, 0.5) is 0 Å². The van der Waals surface area contributed by atoms with Crippen LogP contribution in [0.3, 0.4) is 0 Å². The molecule has 0 saturated carbocycles. The first-order valence-corrected chi connectivity index (χ1v) is 5.12. The van der Waals surface area contributed by atoms with Gasteiger partial charge < -0.3 is 0 Å². The van der Waals surface area contributed by atoms with Crippen molar-refractivity contribution < 1.29 is 4.21 Å². The molecule has 0 amide bonds. The summed E-state index contributed by atoms with van der Waals surface area (Å²) in [5.41, 5.74) is 0. The van der Waals surface area contributed by atoms with Crippen LogP contribution in [0.15, 0.2) is 4.99 Å². The summed E-state index contributed by atoms with van der Waals surface area (Å²) in [6.45, 7) is 2.65. The number of aliphatic imine (C=N–C) groups is 1. The van der Waals surface area contributed by atoms with E-state index < -0.39 is 0 Å². The molecule has 0 saturated heterocycles. The fourth-order valence-corrected chi connectivity index (χ4v) is 1.15. The van der Waals surface area contributed by atoms with Gasteiger partial charge in [-0.1, -0.05) is 6.42 Å². The van der Waals surface area contributed by atoms with Gasteiger partial charge in [-0.2, -0.15) is 0 Å². The second kappa shape index (κ2) is 8.78. The van der Waals surface area contributed by atoms with E-state index in [1.807, 2.05) is 6.92 Å². The molecule has 0 heterocycles. The van der Waals surface area contributed by atoms with Gasteiger partial charge in [-0.3, -0.25) is 0 Å². The maximum atomic E-state index is 10.2. The van der Waals surface area contributed by atoms with Crippen LogP contribution in [0, 0.1) is 0 Å². The number of unbranched alkanes of at least 4 members (excludes halogenated alkanes) is 2. The highest BCUT2D eigenvalue weighted by Gasteiger charge is 1.91. The summed E-state index contributed by atoms with van der Waals surface area (Å²) in [5.74, 6) is 0. The summed E-state index contributed by atoms with van der Waals surface area (Å²) in [5, 5.41) is 2.33. The van der Waals surface area contributed by atoms with E-state index in [-0.39, 0.29) is 0 Å². The molecule has 0 aliphatic rings. The van der Waals surface area contributed by atoms with Crippen LogP contribution < -0.4 is 0 Å². The fourth-order valence-electron chi connectivity index (χ4n) is 0.829. The average Bonchev–Trinajstić information content (AvgIpc) is 2.10. The van der Waals surface area contributed by atoms with Crippen LogP contribution in [0.1, 0.15) is 32.6 Å². The van der Waals surface area contributed by atoms with E-state index >= 15 is 0 Å². The lowest BCUT2D eigenvalue weighted by Crippen LogP contribution is -1.90. The Balaban J connectivity index is 3.21. The number of rotatable bonds is 6. The van der Waals surface area contributed by atoms with E-state index in [1.165, 1.54) is 0 Å². The normalized spacial score (nSPS) is 8.75. The van der Waals surface area contributed by atoms with Gasteiger partial charge in [-0.25, -0.2) is 9.20 Å². The smallest absolute Gasteiger partial charge is 0.0873 e. The number of thiocarbonyl (C=S) groups is 1. The SMILES string of the molecule is CC(CCCCCN=C=S)=S=O. The molecule has 0 atom stereocenters. The lowest BCUT2D eigenvalue weighted by molar-refractivity contribution is 0.697. The summed E-state index contributed by atoms with van der Waals surface area (Å²) in [6.07, 6.45) is 4.16. The molecule has 68 valence electrons. The zero-order valence-corrected chi connectivity index (χ0v) is 8.84. The Bertz CT molecular complexity index is 215. The first-order chi connectivity index (χ1) is 5.81. The molecule has 0 fully saturated rings. The van der Waals surface area contributed by atoms with E-state index in [0.717, 1.165) is 37.1 Å². The zero-order valence-electron chi connectivity index (χ0n) is 7.21. The third kappa shape index (κ3) is 7.79. The molecular formula is C8H13NOS2. The van der Waals surface area contributed by atoms with Gasteiger partial charge in [0.15, 0.2) is 0 Å². The lowest BCUT2D eigenvalue weighted by Gasteiger charge is -1.95. The molecular weight excluding hydrogens is 190 g/mol. The van der Waals surface area contributed by atoms with Gasteiger partial charge >= 0.3 is 0 Å². The maximum absolute atomic E-state index is 10.2. The summed E-state index contributed by atoms with van der Waals surface area (Å²) in [7, 11) is 0. The minimum atomic E-state index is 0.607. The second-order valence-electron chi connectivity index (χ2n) is 2.57. The highest BCUT2D eigenvalue weighted by Crippen LogP contribution is 2.00. The zero-order chi connectivity index (χ0) is 9.23. The van der Waals surface area contributed by atoms with Crippen molar-refractivity contribution >= 4 is 33.5 Å². The molecule has 0 radical (unpaired) electrons. The third-order valence-electron chi connectivity index (χ3n) is 1.51.